The van der Waals surface area contributed by atoms with E-state index in [-0.39, 0.29) is 5.75 Å². The zero-order valence-corrected chi connectivity index (χ0v) is 13.4. The molecule has 0 bridgehead atoms. The van der Waals surface area contributed by atoms with Crippen molar-refractivity contribution in [3.63, 3.8) is 0 Å². The van der Waals surface area contributed by atoms with Gasteiger partial charge < -0.3 is 10.2 Å². The quantitative estimate of drug-likeness (QED) is 0.878. The largest absolute Gasteiger partial charge is 0.315 e. The summed E-state index contributed by atoms with van der Waals surface area (Å²) < 4.78 is 25.3. The van der Waals surface area contributed by atoms with E-state index in [1.54, 1.807) is 24.3 Å². The highest BCUT2D eigenvalue weighted by Crippen LogP contribution is 2.16. The third kappa shape index (κ3) is 4.02. The van der Waals surface area contributed by atoms with E-state index in [4.69, 9.17) is 0 Å². The summed E-state index contributed by atoms with van der Waals surface area (Å²) in [5.41, 5.74) is 0. The average molecular weight is 347 g/mol. The Morgan fingerprint density at radius 3 is 2.63 bits per heavy atom. The summed E-state index contributed by atoms with van der Waals surface area (Å²) in [4.78, 5) is 2.53. The second-order valence-electron chi connectivity index (χ2n) is 4.90. The molecule has 0 saturated carbocycles. The lowest BCUT2D eigenvalue weighted by atomic mass is 10.2. The highest BCUT2D eigenvalue weighted by molar-refractivity contribution is 9.10. The summed E-state index contributed by atoms with van der Waals surface area (Å²) in [5.74, 6) is 0.168. The SMILES string of the molecule is CN(CCS(=O)(=O)c1ccc(Br)cc1)C1CCNC1. The van der Waals surface area contributed by atoms with E-state index in [2.05, 4.69) is 26.1 Å². The van der Waals surface area contributed by atoms with Gasteiger partial charge in [-0.05, 0) is 44.3 Å². The molecule has 4 nitrogen and oxygen atoms in total. The van der Waals surface area contributed by atoms with Crippen molar-refractivity contribution in [1.82, 2.24) is 10.2 Å². The molecule has 1 fully saturated rings. The first-order valence-corrected chi connectivity index (χ1v) is 8.83. The number of rotatable bonds is 5. The van der Waals surface area contributed by atoms with E-state index < -0.39 is 9.84 Å². The Labute approximate surface area is 123 Å². The minimum atomic E-state index is -3.18. The van der Waals surface area contributed by atoms with Gasteiger partial charge in [0.05, 0.1) is 10.6 Å². The van der Waals surface area contributed by atoms with E-state index >= 15 is 0 Å². The average Bonchev–Trinajstić information content (AvgIpc) is 2.90. The Morgan fingerprint density at radius 1 is 1.37 bits per heavy atom. The van der Waals surface area contributed by atoms with Crippen molar-refractivity contribution >= 4 is 25.8 Å². The van der Waals surface area contributed by atoms with Crippen LogP contribution in [0, 0.1) is 0 Å². The van der Waals surface area contributed by atoms with Crippen molar-refractivity contribution < 1.29 is 8.42 Å². The van der Waals surface area contributed by atoms with Crippen LogP contribution in [0.4, 0.5) is 0 Å². The zero-order valence-electron chi connectivity index (χ0n) is 11.0. The maximum Gasteiger partial charge on any atom is 0.179 e. The normalized spacial score (nSPS) is 20.1. The van der Waals surface area contributed by atoms with Gasteiger partial charge in [-0.15, -0.1) is 0 Å². The maximum absolute atomic E-state index is 12.2. The van der Waals surface area contributed by atoms with Gasteiger partial charge in [-0.3, -0.25) is 0 Å². The van der Waals surface area contributed by atoms with Crippen LogP contribution in [-0.2, 0) is 9.84 Å². The molecule has 1 unspecified atom stereocenters. The summed E-state index contributed by atoms with van der Waals surface area (Å²) in [5, 5.41) is 3.29. The first kappa shape index (κ1) is 15.0. The van der Waals surface area contributed by atoms with Crippen LogP contribution in [0.2, 0.25) is 0 Å². The molecule has 1 atom stereocenters. The topological polar surface area (TPSA) is 49.4 Å². The molecule has 0 aromatic heterocycles. The molecule has 1 N–H and O–H groups in total. The Morgan fingerprint density at radius 2 is 2.05 bits per heavy atom. The summed E-state index contributed by atoms with van der Waals surface area (Å²) in [6, 6.07) is 7.28. The monoisotopic (exact) mass is 346 g/mol. The molecule has 1 aromatic carbocycles. The summed E-state index contributed by atoms with van der Waals surface area (Å²) in [6.07, 6.45) is 1.09. The van der Waals surface area contributed by atoms with Gasteiger partial charge in [0.2, 0.25) is 0 Å². The predicted octanol–water partition coefficient (Wildman–Crippen LogP) is 1.52. The van der Waals surface area contributed by atoms with Crippen LogP contribution in [0.15, 0.2) is 33.6 Å². The van der Waals surface area contributed by atoms with Crippen molar-refractivity contribution in [3.8, 4) is 0 Å². The fourth-order valence-corrected chi connectivity index (χ4v) is 3.80. The van der Waals surface area contributed by atoms with Crippen molar-refractivity contribution in [2.45, 2.75) is 17.4 Å². The fourth-order valence-electron chi connectivity index (χ4n) is 2.22. The molecule has 106 valence electrons. The Hall–Kier alpha value is -0.430. The van der Waals surface area contributed by atoms with Gasteiger partial charge in [0, 0.05) is 23.6 Å². The molecule has 6 heteroatoms. The molecule has 1 aliphatic rings. The molecule has 19 heavy (non-hydrogen) atoms. The molecular formula is C13H19BrN2O2S. The van der Waals surface area contributed by atoms with E-state index in [0.717, 1.165) is 24.0 Å². The molecular weight excluding hydrogens is 328 g/mol. The lowest BCUT2D eigenvalue weighted by Gasteiger charge is -2.23. The van der Waals surface area contributed by atoms with Gasteiger partial charge in [-0.25, -0.2) is 8.42 Å². The number of benzene rings is 1. The molecule has 1 aromatic rings. The van der Waals surface area contributed by atoms with Gasteiger partial charge in [0.25, 0.3) is 0 Å². The molecule has 0 amide bonds. The van der Waals surface area contributed by atoms with E-state index in [1.807, 2.05) is 7.05 Å². The highest BCUT2D eigenvalue weighted by Gasteiger charge is 2.21. The van der Waals surface area contributed by atoms with Crippen LogP contribution in [0.5, 0.6) is 0 Å². The van der Waals surface area contributed by atoms with Gasteiger partial charge in [-0.2, -0.15) is 0 Å². The first-order valence-electron chi connectivity index (χ1n) is 6.38. The molecule has 0 radical (unpaired) electrons. The molecule has 1 heterocycles. The van der Waals surface area contributed by atoms with Crippen LogP contribution in [0.1, 0.15) is 6.42 Å². The molecule has 2 rings (SSSR count). The second kappa shape index (κ2) is 6.35. The lowest BCUT2D eigenvalue weighted by Crippen LogP contribution is -2.36. The van der Waals surface area contributed by atoms with Gasteiger partial charge in [0.1, 0.15) is 0 Å². The second-order valence-corrected chi connectivity index (χ2v) is 7.92. The summed E-state index contributed by atoms with van der Waals surface area (Å²) in [7, 11) is -1.19. The number of nitrogens with zero attached hydrogens (tertiary/aromatic N) is 1. The first-order chi connectivity index (χ1) is 8.99. The Kier molecular flexibility index (Phi) is 5.00. The number of likely N-dealkylation sites (N-methyl/N-ethyl adjacent to an activating group) is 1. The van der Waals surface area contributed by atoms with Crippen molar-refractivity contribution in [2.24, 2.45) is 0 Å². The molecule has 1 saturated heterocycles. The van der Waals surface area contributed by atoms with Crippen LogP contribution in [0.3, 0.4) is 0 Å². The number of hydrogen-bond donors (Lipinski definition) is 1. The fraction of sp³-hybridized carbons (Fsp3) is 0.538. The van der Waals surface area contributed by atoms with Crippen LogP contribution >= 0.6 is 15.9 Å². The summed E-state index contributed by atoms with van der Waals surface area (Å²) in [6.45, 7) is 2.55. The predicted molar refractivity (Wildman–Crippen MR) is 80.1 cm³/mol. The number of sulfone groups is 1. The van der Waals surface area contributed by atoms with E-state index in [9.17, 15) is 8.42 Å². The summed E-state index contributed by atoms with van der Waals surface area (Å²) >= 11 is 3.31. The molecule has 0 spiro atoms. The lowest BCUT2D eigenvalue weighted by molar-refractivity contribution is 0.271. The zero-order chi connectivity index (χ0) is 13.9. The van der Waals surface area contributed by atoms with Gasteiger partial charge in [0.15, 0.2) is 9.84 Å². The molecule has 0 aliphatic carbocycles. The van der Waals surface area contributed by atoms with E-state index in [1.165, 1.54) is 0 Å². The van der Waals surface area contributed by atoms with Crippen molar-refractivity contribution in [1.29, 1.82) is 0 Å². The standard InChI is InChI=1S/C13H19BrN2O2S/c1-16(12-6-7-15-10-12)8-9-19(17,18)13-4-2-11(14)3-5-13/h2-5,12,15H,6-10H2,1H3. The van der Waals surface area contributed by atoms with E-state index in [0.29, 0.717) is 17.5 Å². The highest BCUT2D eigenvalue weighted by atomic mass is 79.9. The Bertz CT molecular complexity index is 510. The van der Waals surface area contributed by atoms with Crippen molar-refractivity contribution in [3.05, 3.63) is 28.7 Å². The van der Waals surface area contributed by atoms with Gasteiger partial charge in [-0.1, -0.05) is 15.9 Å². The van der Waals surface area contributed by atoms with Crippen LogP contribution < -0.4 is 5.32 Å². The number of hydrogen-bond acceptors (Lipinski definition) is 4. The number of halogens is 1. The minimum absolute atomic E-state index is 0.168. The third-order valence-corrected chi connectivity index (χ3v) is 5.78. The van der Waals surface area contributed by atoms with Crippen molar-refractivity contribution in [2.75, 3.05) is 32.4 Å². The Balaban J connectivity index is 1.95. The third-order valence-electron chi connectivity index (χ3n) is 3.54. The smallest absolute Gasteiger partial charge is 0.179 e. The minimum Gasteiger partial charge on any atom is -0.315 e. The van der Waals surface area contributed by atoms with Crippen LogP contribution in [0.25, 0.3) is 0 Å². The molecule has 1 aliphatic heterocycles. The number of nitrogens with one attached hydrogen (secondary N) is 1. The maximum atomic E-state index is 12.2. The van der Waals surface area contributed by atoms with Crippen LogP contribution in [-0.4, -0.2) is 51.8 Å². The van der Waals surface area contributed by atoms with Gasteiger partial charge >= 0.3 is 0 Å².